The molecule has 1 heterocycles. The number of nitrogens with one attached hydrogen (secondary N) is 1. The maximum absolute atomic E-state index is 11.3. The average Bonchev–Trinajstić information content (AvgIpc) is 2.42. The topological polar surface area (TPSA) is 67.8 Å². The van der Waals surface area contributed by atoms with Crippen molar-refractivity contribution in [2.24, 2.45) is 0 Å². The lowest BCUT2D eigenvalue weighted by molar-refractivity contribution is -0.144. The monoisotopic (exact) mass is 273 g/mol. The maximum Gasteiger partial charge on any atom is 0.323 e. The van der Waals surface area contributed by atoms with Gasteiger partial charge in [-0.25, -0.2) is 0 Å². The highest BCUT2D eigenvalue weighted by molar-refractivity contribution is 5.78. The summed E-state index contributed by atoms with van der Waals surface area (Å²) in [7, 11) is 0. The van der Waals surface area contributed by atoms with Gasteiger partial charge in [-0.1, -0.05) is 6.92 Å². The van der Waals surface area contributed by atoms with Crippen LogP contribution in [0, 0.1) is 0 Å². The van der Waals surface area contributed by atoms with Gasteiger partial charge < -0.3 is 19.9 Å². The third-order valence-electron chi connectivity index (χ3n) is 3.58. The zero-order valence-electron chi connectivity index (χ0n) is 12.1. The van der Waals surface area contributed by atoms with Gasteiger partial charge >= 0.3 is 5.97 Å². The van der Waals surface area contributed by atoms with E-state index in [4.69, 9.17) is 9.47 Å². The van der Waals surface area contributed by atoms with Crippen LogP contribution in [0.25, 0.3) is 0 Å². The molecule has 0 aromatic carbocycles. The van der Waals surface area contributed by atoms with Crippen molar-refractivity contribution in [3.63, 3.8) is 0 Å². The first kappa shape index (κ1) is 16.4. The Morgan fingerprint density at radius 3 is 2.74 bits per heavy atom. The van der Waals surface area contributed by atoms with E-state index in [9.17, 15) is 9.90 Å². The van der Waals surface area contributed by atoms with Crippen molar-refractivity contribution in [1.82, 2.24) is 5.32 Å². The molecule has 2 N–H and O–H groups in total. The Kier molecular flexibility index (Phi) is 7.34. The van der Waals surface area contributed by atoms with Gasteiger partial charge in [-0.2, -0.15) is 0 Å². The first-order valence-corrected chi connectivity index (χ1v) is 7.26. The number of aliphatic carboxylic acids is 1. The fraction of sp³-hybridized carbons (Fsp3) is 0.929. The highest BCUT2D eigenvalue weighted by Crippen LogP contribution is 2.15. The summed E-state index contributed by atoms with van der Waals surface area (Å²) in [5, 5.41) is 12.4. The number of hydrogen-bond donors (Lipinski definition) is 2. The minimum absolute atomic E-state index is 0.286. The van der Waals surface area contributed by atoms with E-state index in [0.717, 1.165) is 45.4 Å². The molecule has 112 valence electrons. The van der Waals surface area contributed by atoms with E-state index < -0.39 is 11.5 Å². The molecule has 1 fully saturated rings. The summed E-state index contributed by atoms with van der Waals surface area (Å²) in [5.74, 6) is -0.785. The molecule has 1 saturated heterocycles. The molecule has 0 aromatic heterocycles. The van der Waals surface area contributed by atoms with Crippen molar-refractivity contribution in [2.75, 3.05) is 26.4 Å². The summed E-state index contributed by atoms with van der Waals surface area (Å²) in [6, 6.07) is 0. The van der Waals surface area contributed by atoms with Gasteiger partial charge in [-0.3, -0.25) is 4.79 Å². The molecule has 0 spiro atoms. The van der Waals surface area contributed by atoms with Gasteiger partial charge in [-0.05, 0) is 45.6 Å². The fourth-order valence-corrected chi connectivity index (χ4v) is 2.19. The van der Waals surface area contributed by atoms with Gasteiger partial charge in [0.15, 0.2) is 0 Å². The van der Waals surface area contributed by atoms with Crippen molar-refractivity contribution in [3.05, 3.63) is 0 Å². The lowest BCUT2D eigenvalue weighted by atomic mass is 9.96. The highest BCUT2D eigenvalue weighted by Gasteiger charge is 2.31. The van der Waals surface area contributed by atoms with Crippen molar-refractivity contribution in [3.8, 4) is 0 Å². The van der Waals surface area contributed by atoms with Gasteiger partial charge in [-0.15, -0.1) is 0 Å². The molecule has 0 aliphatic carbocycles. The van der Waals surface area contributed by atoms with Crippen LogP contribution in [0.1, 0.15) is 46.0 Å². The standard InChI is InChI=1S/C14H27NO4/c1-3-8-15-14(2,13(16)17)7-4-9-19-12-5-10-18-11-6-12/h12,15H,3-11H2,1-2H3,(H,16,17). The molecule has 0 radical (unpaired) electrons. The minimum atomic E-state index is -0.838. The Morgan fingerprint density at radius 1 is 1.47 bits per heavy atom. The van der Waals surface area contributed by atoms with E-state index in [1.165, 1.54) is 0 Å². The zero-order chi connectivity index (χ0) is 14.1. The zero-order valence-corrected chi connectivity index (χ0v) is 12.1. The first-order valence-electron chi connectivity index (χ1n) is 7.26. The molecule has 0 aromatic rings. The molecule has 0 amide bonds. The Bertz CT molecular complexity index is 266. The van der Waals surface area contributed by atoms with E-state index in [1.807, 2.05) is 6.92 Å². The van der Waals surface area contributed by atoms with E-state index in [2.05, 4.69) is 5.32 Å². The predicted molar refractivity (Wildman–Crippen MR) is 73.4 cm³/mol. The molecule has 1 unspecified atom stereocenters. The molecule has 1 rings (SSSR count). The Labute approximate surface area is 115 Å². The van der Waals surface area contributed by atoms with Crippen molar-refractivity contribution in [1.29, 1.82) is 0 Å². The molecule has 5 heteroatoms. The number of carboxylic acid groups (broad SMARTS) is 1. The second kappa shape index (κ2) is 8.51. The van der Waals surface area contributed by atoms with Crippen LogP contribution in [0.2, 0.25) is 0 Å². The molecule has 1 aliphatic rings. The Balaban J connectivity index is 2.22. The summed E-state index contributed by atoms with van der Waals surface area (Å²) < 4.78 is 11.0. The lowest BCUT2D eigenvalue weighted by Gasteiger charge is -2.27. The van der Waals surface area contributed by atoms with Crippen LogP contribution in [0.3, 0.4) is 0 Å². The molecular formula is C14H27NO4. The van der Waals surface area contributed by atoms with Gasteiger partial charge in [0.25, 0.3) is 0 Å². The van der Waals surface area contributed by atoms with E-state index in [-0.39, 0.29) is 6.10 Å². The predicted octanol–water partition coefficient (Wildman–Crippen LogP) is 1.81. The second-order valence-electron chi connectivity index (χ2n) is 5.35. The van der Waals surface area contributed by atoms with Crippen LogP contribution in [0.4, 0.5) is 0 Å². The summed E-state index contributed by atoms with van der Waals surface area (Å²) in [5.41, 5.74) is -0.838. The van der Waals surface area contributed by atoms with Gasteiger partial charge in [0.05, 0.1) is 6.10 Å². The van der Waals surface area contributed by atoms with Crippen LogP contribution in [-0.2, 0) is 14.3 Å². The maximum atomic E-state index is 11.3. The third-order valence-corrected chi connectivity index (χ3v) is 3.58. The van der Waals surface area contributed by atoms with E-state index >= 15 is 0 Å². The highest BCUT2D eigenvalue weighted by atomic mass is 16.5. The van der Waals surface area contributed by atoms with Gasteiger partial charge in [0.2, 0.25) is 0 Å². The van der Waals surface area contributed by atoms with E-state index in [1.54, 1.807) is 6.92 Å². The second-order valence-corrected chi connectivity index (χ2v) is 5.35. The normalized spacial score (nSPS) is 20.1. The van der Waals surface area contributed by atoms with Crippen LogP contribution >= 0.6 is 0 Å². The summed E-state index contributed by atoms with van der Waals surface area (Å²) >= 11 is 0. The quantitative estimate of drug-likeness (QED) is 0.627. The average molecular weight is 273 g/mol. The van der Waals surface area contributed by atoms with Gasteiger partial charge in [0.1, 0.15) is 5.54 Å². The molecule has 1 atom stereocenters. The summed E-state index contributed by atoms with van der Waals surface area (Å²) in [6.07, 6.45) is 4.46. The third kappa shape index (κ3) is 5.89. The Morgan fingerprint density at radius 2 is 2.16 bits per heavy atom. The molecular weight excluding hydrogens is 246 g/mol. The first-order chi connectivity index (χ1) is 9.08. The number of ether oxygens (including phenoxy) is 2. The van der Waals surface area contributed by atoms with Crippen LogP contribution in [0.5, 0.6) is 0 Å². The van der Waals surface area contributed by atoms with Crippen molar-refractivity contribution in [2.45, 2.75) is 57.6 Å². The number of carbonyl (C=O) groups is 1. The smallest absolute Gasteiger partial charge is 0.323 e. The fourth-order valence-electron chi connectivity index (χ4n) is 2.19. The molecule has 5 nitrogen and oxygen atoms in total. The molecule has 1 aliphatic heterocycles. The largest absolute Gasteiger partial charge is 0.480 e. The van der Waals surface area contributed by atoms with Crippen molar-refractivity contribution >= 4 is 5.97 Å². The summed E-state index contributed by atoms with van der Waals surface area (Å²) in [6.45, 7) is 6.68. The summed E-state index contributed by atoms with van der Waals surface area (Å²) in [4.78, 5) is 11.3. The van der Waals surface area contributed by atoms with Crippen LogP contribution in [0.15, 0.2) is 0 Å². The minimum Gasteiger partial charge on any atom is -0.480 e. The Hall–Kier alpha value is -0.650. The number of rotatable bonds is 9. The number of hydrogen-bond acceptors (Lipinski definition) is 4. The van der Waals surface area contributed by atoms with Gasteiger partial charge in [0, 0.05) is 19.8 Å². The SMILES string of the molecule is CCCNC(C)(CCCOC1CCOCC1)C(=O)O. The van der Waals surface area contributed by atoms with Crippen LogP contribution in [-0.4, -0.2) is 49.1 Å². The molecule has 0 saturated carbocycles. The van der Waals surface area contributed by atoms with E-state index in [0.29, 0.717) is 13.0 Å². The van der Waals surface area contributed by atoms with Crippen LogP contribution < -0.4 is 5.32 Å². The number of carboxylic acids is 1. The molecule has 0 bridgehead atoms. The van der Waals surface area contributed by atoms with Crippen molar-refractivity contribution < 1.29 is 19.4 Å². The lowest BCUT2D eigenvalue weighted by Crippen LogP contribution is -2.49. The molecule has 19 heavy (non-hydrogen) atoms.